The van der Waals surface area contributed by atoms with Crippen molar-refractivity contribution in [2.45, 2.75) is 12.1 Å². The molecule has 0 aliphatic rings. The summed E-state index contributed by atoms with van der Waals surface area (Å²) in [6.07, 6.45) is 7.84. The zero-order valence-corrected chi connectivity index (χ0v) is 14.5. The van der Waals surface area contributed by atoms with Crippen LogP contribution in [0.1, 0.15) is 23.3 Å². The number of imidazole rings is 1. The molecule has 4 nitrogen and oxygen atoms in total. The third-order valence-corrected chi connectivity index (χ3v) is 4.62. The minimum absolute atomic E-state index is 0.327. The van der Waals surface area contributed by atoms with E-state index in [0.717, 1.165) is 16.7 Å². The van der Waals surface area contributed by atoms with Crippen LogP contribution >= 0.6 is 0 Å². The van der Waals surface area contributed by atoms with Crippen molar-refractivity contribution in [1.82, 2.24) is 14.5 Å². The van der Waals surface area contributed by atoms with Crippen molar-refractivity contribution in [2.24, 2.45) is 0 Å². The van der Waals surface area contributed by atoms with Crippen LogP contribution in [0, 0.1) is 5.82 Å². The molecule has 0 amide bonds. The first-order chi connectivity index (χ1) is 13.2. The van der Waals surface area contributed by atoms with E-state index in [1.54, 1.807) is 37.1 Å². The Kier molecular flexibility index (Phi) is 4.77. The minimum atomic E-state index is -0.841. The molecule has 134 valence electrons. The summed E-state index contributed by atoms with van der Waals surface area (Å²) in [6.45, 7) is 0. The molecule has 4 rings (SSSR count). The lowest BCUT2D eigenvalue weighted by atomic mass is 9.94. The zero-order chi connectivity index (χ0) is 18.6. The second kappa shape index (κ2) is 7.51. The van der Waals surface area contributed by atoms with E-state index in [1.165, 1.54) is 12.1 Å². The van der Waals surface area contributed by atoms with E-state index >= 15 is 0 Å². The highest BCUT2D eigenvalue weighted by atomic mass is 19.1. The van der Waals surface area contributed by atoms with Crippen molar-refractivity contribution in [3.63, 3.8) is 0 Å². The van der Waals surface area contributed by atoms with Gasteiger partial charge in [0.25, 0.3) is 0 Å². The van der Waals surface area contributed by atoms with Gasteiger partial charge in [0.15, 0.2) is 0 Å². The normalized spacial score (nSPS) is 13.3. The summed E-state index contributed by atoms with van der Waals surface area (Å²) in [5.74, 6) is -0.327. The maximum absolute atomic E-state index is 13.3. The molecule has 0 aliphatic carbocycles. The minimum Gasteiger partial charge on any atom is -0.386 e. The van der Waals surface area contributed by atoms with Gasteiger partial charge < -0.3 is 9.67 Å². The van der Waals surface area contributed by atoms with Crippen LogP contribution in [0.25, 0.3) is 11.1 Å². The molecule has 0 fully saturated rings. The van der Waals surface area contributed by atoms with Gasteiger partial charge in [0.2, 0.25) is 0 Å². The maximum atomic E-state index is 13.3. The van der Waals surface area contributed by atoms with Gasteiger partial charge in [-0.2, -0.15) is 0 Å². The summed E-state index contributed by atoms with van der Waals surface area (Å²) < 4.78 is 15.1. The first-order valence-electron chi connectivity index (χ1n) is 8.64. The fourth-order valence-corrected chi connectivity index (χ4v) is 3.21. The van der Waals surface area contributed by atoms with Crippen molar-refractivity contribution in [3.8, 4) is 11.1 Å². The van der Waals surface area contributed by atoms with E-state index in [9.17, 15) is 9.50 Å². The molecular formula is C22H18FN3O. The third kappa shape index (κ3) is 3.64. The lowest BCUT2D eigenvalue weighted by Crippen LogP contribution is -2.18. The van der Waals surface area contributed by atoms with Crippen molar-refractivity contribution >= 4 is 0 Å². The van der Waals surface area contributed by atoms with E-state index in [-0.39, 0.29) is 11.9 Å². The maximum Gasteiger partial charge on any atom is 0.123 e. The van der Waals surface area contributed by atoms with Gasteiger partial charge in [-0.05, 0) is 46.5 Å². The number of hydrogen-bond acceptors (Lipinski definition) is 3. The van der Waals surface area contributed by atoms with Gasteiger partial charge in [0.1, 0.15) is 11.9 Å². The Morgan fingerprint density at radius 3 is 2.00 bits per heavy atom. The Morgan fingerprint density at radius 1 is 0.741 bits per heavy atom. The molecule has 2 aromatic heterocycles. The molecule has 27 heavy (non-hydrogen) atoms. The van der Waals surface area contributed by atoms with E-state index < -0.39 is 6.10 Å². The van der Waals surface area contributed by atoms with Gasteiger partial charge in [-0.15, -0.1) is 0 Å². The highest BCUT2D eigenvalue weighted by Crippen LogP contribution is 2.33. The summed E-state index contributed by atoms with van der Waals surface area (Å²) in [5.41, 5.74) is 3.73. The summed E-state index contributed by atoms with van der Waals surface area (Å²) in [5, 5.41) is 11.0. The zero-order valence-electron chi connectivity index (χ0n) is 14.5. The molecule has 2 aromatic carbocycles. The quantitative estimate of drug-likeness (QED) is 0.574. The van der Waals surface area contributed by atoms with E-state index in [0.29, 0.717) is 5.56 Å². The van der Waals surface area contributed by atoms with Crippen LogP contribution in [-0.4, -0.2) is 19.6 Å². The van der Waals surface area contributed by atoms with Gasteiger partial charge in [0.05, 0.1) is 12.4 Å². The number of aliphatic hydroxyl groups is 1. The number of rotatable bonds is 5. The highest BCUT2D eigenvalue weighted by molar-refractivity contribution is 5.63. The molecule has 1 N–H and O–H groups in total. The van der Waals surface area contributed by atoms with E-state index in [4.69, 9.17) is 0 Å². The van der Waals surface area contributed by atoms with Crippen molar-refractivity contribution in [3.05, 3.63) is 109 Å². The molecular weight excluding hydrogens is 341 g/mol. The molecule has 0 spiro atoms. The van der Waals surface area contributed by atoms with Crippen LogP contribution in [0.5, 0.6) is 0 Å². The molecule has 0 radical (unpaired) electrons. The standard InChI is InChI=1S/C22H18FN3O/c23-20-7-5-19(6-8-20)22(27)21(26-14-13-25-15-26)18-3-1-16(2-4-18)17-9-11-24-12-10-17/h1-15,21-22,27H. The highest BCUT2D eigenvalue weighted by Gasteiger charge is 2.24. The molecule has 0 bridgehead atoms. The molecule has 2 unspecified atom stereocenters. The number of hydrogen-bond donors (Lipinski definition) is 1. The van der Waals surface area contributed by atoms with Crippen LogP contribution in [0.15, 0.2) is 91.8 Å². The summed E-state index contributed by atoms with van der Waals surface area (Å²) >= 11 is 0. The van der Waals surface area contributed by atoms with Gasteiger partial charge >= 0.3 is 0 Å². The van der Waals surface area contributed by atoms with E-state index in [1.807, 2.05) is 47.2 Å². The Balaban J connectivity index is 1.70. The molecule has 0 saturated heterocycles. The molecule has 4 aromatic rings. The Bertz CT molecular complexity index is 984. The average Bonchev–Trinajstić information content (AvgIpc) is 3.24. The number of aliphatic hydroxyl groups excluding tert-OH is 1. The fourth-order valence-electron chi connectivity index (χ4n) is 3.21. The smallest absolute Gasteiger partial charge is 0.123 e. The Hall–Kier alpha value is -3.31. The summed E-state index contributed by atoms with van der Waals surface area (Å²) in [6, 6.07) is 17.5. The SMILES string of the molecule is OC(c1ccc(F)cc1)C(c1ccc(-c2ccncc2)cc1)n1ccnc1. The van der Waals surface area contributed by atoms with Crippen molar-refractivity contribution < 1.29 is 9.50 Å². The summed E-state index contributed by atoms with van der Waals surface area (Å²) in [4.78, 5) is 8.15. The number of aromatic nitrogens is 3. The predicted molar refractivity (Wildman–Crippen MR) is 101 cm³/mol. The Morgan fingerprint density at radius 2 is 1.37 bits per heavy atom. The molecule has 5 heteroatoms. The van der Waals surface area contributed by atoms with Crippen molar-refractivity contribution in [1.29, 1.82) is 0 Å². The first-order valence-corrected chi connectivity index (χ1v) is 8.64. The van der Waals surface area contributed by atoms with Gasteiger partial charge in [-0.25, -0.2) is 9.37 Å². The van der Waals surface area contributed by atoms with Crippen LogP contribution in [-0.2, 0) is 0 Å². The van der Waals surface area contributed by atoms with Crippen molar-refractivity contribution in [2.75, 3.05) is 0 Å². The van der Waals surface area contributed by atoms with Crippen LogP contribution in [0.2, 0.25) is 0 Å². The van der Waals surface area contributed by atoms with Gasteiger partial charge in [-0.3, -0.25) is 4.98 Å². The molecule has 0 saturated carbocycles. The van der Waals surface area contributed by atoms with Crippen LogP contribution < -0.4 is 0 Å². The monoisotopic (exact) mass is 359 g/mol. The second-order valence-corrected chi connectivity index (χ2v) is 6.31. The number of pyridine rings is 1. The molecule has 2 heterocycles. The summed E-state index contributed by atoms with van der Waals surface area (Å²) in [7, 11) is 0. The van der Waals surface area contributed by atoms with Crippen LogP contribution in [0.4, 0.5) is 4.39 Å². The lowest BCUT2D eigenvalue weighted by molar-refractivity contribution is 0.131. The second-order valence-electron chi connectivity index (χ2n) is 6.31. The number of benzene rings is 2. The number of nitrogens with zero attached hydrogens (tertiary/aromatic N) is 3. The largest absolute Gasteiger partial charge is 0.386 e. The average molecular weight is 359 g/mol. The van der Waals surface area contributed by atoms with E-state index in [2.05, 4.69) is 9.97 Å². The Labute approximate surface area is 156 Å². The molecule has 0 aliphatic heterocycles. The van der Waals surface area contributed by atoms with Gasteiger partial charge in [0, 0.05) is 24.8 Å². The van der Waals surface area contributed by atoms with Crippen LogP contribution in [0.3, 0.4) is 0 Å². The fraction of sp³-hybridized carbons (Fsp3) is 0.0909. The predicted octanol–water partition coefficient (Wildman–Crippen LogP) is 4.41. The topological polar surface area (TPSA) is 50.9 Å². The molecule has 2 atom stereocenters. The van der Waals surface area contributed by atoms with Gasteiger partial charge in [-0.1, -0.05) is 36.4 Å². The first kappa shape index (κ1) is 17.1. The third-order valence-electron chi connectivity index (χ3n) is 4.62. The lowest BCUT2D eigenvalue weighted by Gasteiger charge is -2.25. The number of halogens is 1.